The lowest BCUT2D eigenvalue weighted by molar-refractivity contribution is 0.0650. The molecule has 2 aromatic rings. The normalized spacial score (nSPS) is 15.1. The summed E-state index contributed by atoms with van der Waals surface area (Å²) in [5.41, 5.74) is 2.06. The summed E-state index contributed by atoms with van der Waals surface area (Å²) in [6.45, 7) is 17.8. The maximum absolute atomic E-state index is 12.9. The van der Waals surface area contributed by atoms with Crippen LogP contribution in [0.4, 0.5) is 0 Å². The number of benzene rings is 1. The molecule has 0 aliphatic carbocycles. The highest BCUT2D eigenvalue weighted by molar-refractivity contribution is 7.11. The number of hydrogen-bond acceptors (Lipinski definition) is 4. The second-order valence-corrected chi connectivity index (χ2v) is 10.4. The molecule has 1 saturated heterocycles. The van der Waals surface area contributed by atoms with E-state index in [1.54, 1.807) is 0 Å². The molecule has 1 fully saturated rings. The fraction of sp³-hybridized carbons (Fsp3) is 0.500. The molecular formula is C26H37N3OS. The largest absolute Gasteiger partial charge is 0.336 e. The summed E-state index contributed by atoms with van der Waals surface area (Å²) in [4.78, 5) is 22.5. The van der Waals surface area contributed by atoms with Crippen LogP contribution in [0.2, 0.25) is 0 Å². The van der Waals surface area contributed by atoms with Crippen molar-refractivity contribution in [2.75, 3.05) is 39.3 Å². The first kappa shape index (κ1) is 23.7. The zero-order valence-corrected chi connectivity index (χ0v) is 20.2. The molecule has 3 rings (SSSR count). The number of nitrogens with zero attached hydrogens (tertiary/aromatic N) is 3. The third-order valence-electron chi connectivity index (χ3n) is 5.85. The van der Waals surface area contributed by atoms with Crippen LogP contribution >= 0.6 is 11.3 Å². The van der Waals surface area contributed by atoms with E-state index >= 15 is 0 Å². The number of amides is 1. The molecule has 1 amide bonds. The van der Waals surface area contributed by atoms with E-state index in [2.05, 4.69) is 61.4 Å². The van der Waals surface area contributed by atoms with E-state index in [0.29, 0.717) is 5.92 Å². The Balaban J connectivity index is 1.59. The lowest BCUT2D eigenvalue weighted by Crippen LogP contribution is -2.48. The summed E-state index contributed by atoms with van der Waals surface area (Å²) < 4.78 is 0. The van der Waals surface area contributed by atoms with Gasteiger partial charge in [-0.3, -0.25) is 14.6 Å². The van der Waals surface area contributed by atoms with E-state index in [9.17, 15) is 4.79 Å². The molecule has 5 heteroatoms. The summed E-state index contributed by atoms with van der Waals surface area (Å²) in [6, 6.07) is 12.7. The van der Waals surface area contributed by atoms with Gasteiger partial charge >= 0.3 is 0 Å². The van der Waals surface area contributed by atoms with Crippen molar-refractivity contribution in [3.05, 3.63) is 69.9 Å². The maximum atomic E-state index is 12.9. The Kier molecular flexibility index (Phi) is 8.88. The number of piperazine rings is 1. The van der Waals surface area contributed by atoms with Gasteiger partial charge in [0.05, 0.1) is 0 Å². The number of carbonyl (C=O) groups is 1. The molecule has 1 aliphatic rings. The highest BCUT2D eigenvalue weighted by atomic mass is 32.1. The van der Waals surface area contributed by atoms with Crippen molar-refractivity contribution in [3.63, 3.8) is 0 Å². The number of aryl methyl sites for hydroxylation is 1. The van der Waals surface area contributed by atoms with Gasteiger partial charge in [-0.25, -0.2) is 0 Å². The molecular weight excluding hydrogens is 402 g/mol. The smallest absolute Gasteiger partial charge is 0.253 e. The molecule has 0 N–H and O–H groups in total. The molecule has 0 saturated carbocycles. The first-order valence-electron chi connectivity index (χ1n) is 11.4. The summed E-state index contributed by atoms with van der Waals surface area (Å²) >= 11 is 1.89. The lowest BCUT2D eigenvalue weighted by Gasteiger charge is -2.34. The Morgan fingerprint density at radius 3 is 2.39 bits per heavy atom. The van der Waals surface area contributed by atoms with Crippen molar-refractivity contribution in [2.45, 2.75) is 40.3 Å². The zero-order valence-electron chi connectivity index (χ0n) is 19.3. The minimum absolute atomic E-state index is 0.149. The molecule has 168 valence electrons. The highest BCUT2D eigenvalue weighted by Crippen LogP contribution is 2.20. The highest BCUT2D eigenvalue weighted by Gasteiger charge is 2.21. The van der Waals surface area contributed by atoms with E-state index < -0.39 is 0 Å². The fourth-order valence-corrected chi connectivity index (χ4v) is 4.89. The van der Waals surface area contributed by atoms with Crippen molar-refractivity contribution >= 4 is 17.2 Å². The molecule has 1 aromatic heterocycles. The Morgan fingerprint density at radius 1 is 1.10 bits per heavy atom. The summed E-state index contributed by atoms with van der Waals surface area (Å²) in [5, 5.41) is 0. The summed E-state index contributed by atoms with van der Waals surface area (Å²) in [6.07, 6.45) is 3.12. The SMILES string of the molecule is C=CCN1CCN(C(=O)c2ccc(CN(CCC(C)C)Cc3ccc(C)s3)cc2)CC1. The van der Waals surface area contributed by atoms with Gasteiger partial charge in [-0.05, 0) is 55.6 Å². The molecule has 0 spiro atoms. The van der Waals surface area contributed by atoms with Crippen molar-refractivity contribution in [3.8, 4) is 0 Å². The first-order valence-corrected chi connectivity index (χ1v) is 12.3. The van der Waals surface area contributed by atoms with E-state index in [1.165, 1.54) is 21.7 Å². The van der Waals surface area contributed by atoms with E-state index in [-0.39, 0.29) is 5.91 Å². The van der Waals surface area contributed by atoms with Gasteiger partial charge in [0.25, 0.3) is 5.91 Å². The maximum Gasteiger partial charge on any atom is 0.253 e. The average Bonchev–Trinajstić information content (AvgIpc) is 3.17. The van der Waals surface area contributed by atoms with Crippen LogP contribution < -0.4 is 0 Å². The minimum Gasteiger partial charge on any atom is -0.336 e. The van der Waals surface area contributed by atoms with Crippen LogP contribution in [-0.2, 0) is 13.1 Å². The molecule has 2 heterocycles. The van der Waals surface area contributed by atoms with Crippen LogP contribution in [0, 0.1) is 12.8 Å². The molecule has 0 unspecified atom stereocenters. The van der Waals surface area contributed by atoms with E-state index in [0.717, 1.165) is 57.9 Å². The average molecular weight is 440 g/mol. The number of thiophene rings is 1. The number of hydrogen-bond donors (Lipinski definition) is 0. The van der Waals surface area contributed by atoms with Gasteiger partial charge in [-0.1, -0.05) is 32.1 Å². The van der Waals surface area contributed by atoms with Crippen molar-refractivity contribution in [1.82, 2.24) is 14.7 Å². The second-order valence-electron chi connectivity index (χ2n) is 8.98. The molecule has 31 heavy (non-hydrogen) atoms. The van der Waals surface area contributed by atoms with Crippen molar-refractivity contribution < 1.29 is 4.79 Å². The molecule has 0 radical (unpaired) electrons. The Labute approximate surface area is 192 Å². The van der Waals surface area contributed by atoms with Crippen LogP contribution in [0.5, 0.6) is 0 Å². The zero-order chi connectivity index (χ0) is 22.2. The van der Waals surface area contributed by atoms with Gasteiger partial charge in [0.1, 0.15) is 0 Å². The van der Waals surface area contributed by atoms with E-state index in [4.69, 9.17) is 0 Å². The molecule has 1 aliphatic heterocycles. The Hall–Kier alpha value is -1.95. The standard InChI is InChI=1S/C26H37N3OS/c1-5-13-27-15-17-29(18-16-27)26(30)24-9-7-23(8-10-24)19-28(14-12-21(2)3)20-25-11-6-22(4)31-25/h5-11,21H,1,12-20H2,2-4H3. The van der Waals surface area contributed by atoms with E-state index in [1.807, 2.05) is 34.4 Å². The summed E-state index contributed by atoms with van der Waals surface area (Å²) in [7, 11) is 0. The number of carbonyl (C=O) groups excluding carboxylic acids is 1. The quantitative estimate of drug-likeness (QED) is 0.485. The van der Waals surface area contributed by atoms with Gasteiger partial charge in [0, 0.05) is 61.1 Å². The number of rotatable bonds is 10. The molecule has 4 nitrogen and oxygen atoms in total. The summed E-state index contributed by atoms with van der Waals surface area (Å²) in [5.74, 6) is 0.843. The topological polar surface area (TPSA) is 26.8 Å². The van der Waals surface area contributed by atoms with Crippen LogP contribution in [0.25, 0.3) is 0 Å². The van der Waals surface area contributed by atoms with Gasteiger partial charge < -0.3 is 4.90 Å². The van der Waals surface area contributed by atoms with Crippen LogP contribution in [0.15, 0.2) is 49.1 Å². The third kappa shape index (κ3) is 7.30. The van der Waals surface area contributed by atoms with Crippen LogP contribution in [0.1, 0.15) is 45.9 Å². The molecule has 0 bridgehead atoms. The van der Waals surface area contributed by atoms with Crippen LogP contribution in [-0.4, -0.2) is 59.9 Å². The van der Waals surface area contributed by atoms with Gasteiger partial charge in [-0.2, -0.15) is 0 Å². The van der Waals surface area contributed by atoms with Gasteiger partial charge in [0.2, 0.25) is 0 Å². The monoisotopic (exact) mass is 439 g/mol. The predicted octanol–water partition coefficient (Wildman–Crippen LogP) is 5.05. The van der Waals surface area contributed by atoms with Crippen LogP contribution in [0.3, 0.4) is 0 Å². The van der Waals surface area contributed by atoms with Crippen molar-refractivity contribution in [2.24, 2.45) is 5.92 Å². The fourth-order valence-electron chi connectivity index (χ4n) is 3.95. The second kappa shape index (κ2) is 11.6. The first-order chi connectivity index (χ1) is 14.9. The van der Waals surface area contributed by atoms with Gasteiger partial charge in [0.15, 0.2) is 0 Å². The third-order valence-corrected chi connectivity index (χ3v) is 6.84. The minimum atomic E-state index is 0.149. The Morgan fingerprint density at radius 2 is 1.81 bits per heavy atom. The van der Waals surface area contributed by atoms with Gasteiger partial charge in [-0.15, -0.1) is 17.9 Å². The van der Waals surface area contributed by atoms with Crippen molar-refractivity contribution in [1.29, 1.82) is 0 Å². The predicted molar refractivity (Wildman–Crippen MR) is 132 cm³/mol. The molecule has 0 atom stereocenters. The lowest BCUT2D eigenvalue weighted by atomic mass is 10.1. The molecule has 1 aromatic carbocycles. The Bertz CT molecular complexity index is 835.